The van der Waals surface area contributed by atoms with Crippen LogP contribution in [0.15, 0.2) is 0 Å². The third-order valence-electron chi connectivity index (χ3n) is 1.83. The van der Waals surface area contributed by atoms with Crippen molar-refractivity contribution in [1.29, 1.82) is 0 Å². The van der Waals surface area contributed by atoms with Gasteiger partial charge in [0.25, 0.3) is 0 Å². The maximum atomic E-state index is 5.92. The Kier molecular flexibility index (Phi) is 2.66. The largest absolute Gasteiger partial charge is 0.123 e. The summed E-state index contributed by atoms with van der Waals surface area (Å²) >= 11 is 11.8. The van der Waals surface area contributed by atoms with Crippen LogP contribution in [0.2, 0.25) is 0 Å². The fraction of sp³-hybridized carbons (Fsp3) is 1.00. The number of halogens is 2. The second-order valence-electron chi connectivity index (χ2n) is 3.01. The molecule has 2 atom stereocenters. The Labute approximate surface area is 66.5 Å². The molecule has 1 rings (SSSR count). The van der Waals surface area contributed by atoms with E-state index in [0.717, 1.165) is 25.2 Å². The standard InChI is InChI=1S/C7H12Cl2/c1-5-2-6(8)4-7(9)3-5/h5-7H,2-4H2,1H3. The molecule has 0 amide bonds. The van der Waals surface area contributed by atoms with Gasteiger partial charge in [-0.15, -0.1) is 23.2 Å². The molecule has 2 heteroatoms. The van der Waals surface area contributed by atoms with Gasteiger partial charge in [-0.1, -0.05) is 6.92 Å². The molecule has 1 saturated carbocycles. The Morgan fingerprint density at radius 1 is 1.00 bits per heavy atom. The average molecular weight is 167 g/mol. The summed E-state index contributed by atoms with van der Waals surface area (Å²) in [5, 5.41) is 0.660. The molecular weight excluding hydrogens is 155 g/mol. The highest BCUT2D eigenvalue weighted by Crippen LogP contribution is 2.30. The van der Waals surface area contributed by atoms with Gasteiger partial charge in [0.2, 0.25) is 0 Å². The van der Waals surface area contributed by atoms with Crippen LogP contribution in [-0.2, 0) is 0 Å². The minimum atomic E-state index is 0.330. The number of rotatable bonds is 0. The van der Waals surface area contributed by atoms with Crippen LogP contribution in [0.1, 0.15) is 26.2 Å². The zero-order valence-corrected chi connectivity index (χ0v) is 7.12. The van der Waals surface area contributed by atoms with Crippen LogP contribution in [0.25, 0.3) is 0 Å². The summed E-state index contributed by atoms with van der Waals surface area (Å²) in [5.41, 5.74) is 0. The van der Waals surface area contributed by atoms with E-state index in [1.807, 2.05) is 0 Å². The Hall–Kier alpha value is 0.580. The Bertz CT molecular complexity index is 67.9. The van der Waals surface area contributed by atoms with Gasteiger partial charge in [-0.2, -0.15) is 0 Å². The van der Waals surface area contributed by atoms with Crippen molar-refractivity contribution in [1.82, 2.24) is 0 Å². The lowest BCUT2D eigenvalue weighted by Crippen LogP contribution is -2.21. The molecule has 0 aromatic carbocycles. The summed E-state index contributed by atoms with van der Waals surface area (Å²) in [7, 11) is 0. The van der Waals surface area contributed by atoms with Crippen molar-refractivity contribution in [3.05, 3.63) is 0 Å². The van der Waals surface area contributed by atoms with Gasteiger partial charge in [-0.05, 0) is 25.2 Å². The molecule has 0 N–H and O–H groups in total. The Morgan fingerprint density at radius 3 is 1.78 bits per heavy atom. The highest BCUT2D eigenvalue weighted by Gasteiger charge is 2.22. The van der Waals surface area contributed by atoms with Crippen LogP contribution >= 0.6 is 23.2 Å². The predicted molar refractivity (Wildman–Crippen MR) is 42.3 cm³/mol. The van der Waals surface area contributed by atoms with E-state index in [-0.39, 0.29) is 0 Å². The topological polar surface area (TPSA) is 0 Å². The second kappa shape index (κ2) is 3.12. The first-order valence-corrected chi connectivity index (χ1v) is 4.34. The third-order valence-corrected chi connectivity index (χ3v) is 2.54. The van der Waals surface area contributed by atoms with Gasteiger partial charge in [0.05, 0.1) is 0 Å². The van der Waals surface area contributed by atoms with E-state index in [4.69, 9.17) is 23.2 Å². The lowest BCUT2D eigenvalue weighted by molar-refractivity contribution is 0.396. The third kappa shape index (κ3) is 2.35. The number of alkyl halides is 2. The van der Waals surface area contributed by atoms with Crippen molar-refractivity contribution in [3.8, 4) is 0 Å². The molecule has 0 spiro atoms. The molecule has 54 valence electrons. The van der Waals surface area contributed by atoms with Crippen molar-refractivity contribution < 1.29 is 0 Å². The van der Waals surface area contributed by atoms with Crippen LogP contribution in [0.4, 0.5) is 0 Å². The van der Waals surface area contributed by atoms with Crippen molar-refractivity contribution in [2.24, 2.45) is 5.92 Å². The average Bonchev–Trinajstić information content (AvgIpc) is 1.59. The van der Waals surface area contributed by atoms with Gasteiger partial charge in [0.1, 0.15) is 0 Å². The fourth-order valence-electron chi connectivity index (χ4n) is 1.44. The smallest absolute Gasteiger partial charge is 0.0352 e. The minimum absolute atomic E-state index is 0.330. The molecule has 1 fully saturated rings. The summed E-state index contributed by atoms with van der Waals surface area (Å²) in [6.07, 6.45) is 3.28. The summed E-state index contributed by atoms with van der Waals surface area (Å²) in [6, 6.07) is 0. The lowest BCUT2D eigenvalue weighted by Gasteiger charge is -2.25. The zero-order valence-electron chi connectivity index (χ0n) is 5.61. The molecular formula is C7H12Cl2. The Balaban J connectivity index is 2.34. The van der Waals surface area contributed by atoms with Gasteiger partial charge in [-0.25, -0.2) is 0 Å². The highest BCUT2D eigenvalue weighted by atomic mass is 35.5. The van der Waals surface area contributed by atoms with Crippen molar-refractivity contribution in [2.45, 2.75) is 36.9 Å². The molecule has 1 aliphatic carbocycles. The van der Waals surface area contributed by atoms with E-state index in [2.05, 4.69) is 6.92 Å². The van der Waals surface area contributed by atoms with E-state index in [1.165, 1.54) is 0 Å². The van der Waals surface area contributed by atoms with Crippen molar-refractivity contribution >= 4 is 23.2 Å². The molecule has 1 aliphatic rings. The molecule has 2 unspecified atom stereocenters. The minimum Gasteiger partial charge on any atom is -0.123 e. The predicted octanol–water partition coefficient (Wildman–Crippen LogP) is 3.02. The maximum absolute atomic E-state index is 5.92. The second-order valence-corrected chi connectivity index (χ2v) is 4.24. The van der Waals surface area contributed by atoms with Gasteiger partial charge >= 0.3 is 0 Å². The van der Waals surface area contributed by atoms with E-state index in [0.29, 0.717) is 10.8 Å². The van der Waals surface area contributed by atoms with Gasteiger partial charge in [0.15, 0.2) is 0 Å². The number of hydrogen-bond acceptors (Lipinski definition) is 0. The molecule has 0 aliphatic heterocycles. The van der Waals surface area contributed by atoms with E-state index in [9.17, 15) is 0 Å². The molecule has 0 bridgehead atoms. The molecule has 0 radical (unpaired) electrons. The SMILES string of the molecule is CC1CC(Cl)CC(Cl)C1. The molecule has 0 nitrogen and oxygen atoms in total. The van der Waals surface area contributed by atoms with Crippen LogP contribution in [0, 0.1) is 5.92 Å². The van der Waals surface area contributed by atoms with Crippen LogP contribution in [0.5, 0.6) is 0 Å². The lowest BCUT2D eigenvalue weighted by atomic mass is 9.90. The van der Waals surface area contributed by atoms with Crippen molar-refractivity contribution in [3.63, 3.8) is 0 Å². The number of hydrogen-bond donors (Lipinski definition) is 0. The zero-order chi connectivity index (χ0) is 6.85. The normalized spacial score (nSPS) is 45.0. The summed E-state index contributed by atoms with van der Waals surface area (Å²) in [5.74, 6) is 0.726. The van der Waals surface area contributed by atoms with E-state index >= 15 is 0 Å². The van der Waals surface area contributed by atoms with E-state index in [1.54, 1.807) is 0 Å². The molecule has 0 heterocycles. The Morgan fingerprint density at radius 2 is 1.44 bits per heavy atom. The van der Waals surface area contributed by atoms with Crippen LogP contribution in [-0.4, -0.2) is 10.8 Å². The molecule has 0 aromatic heterocycles. The quantitative estimate of drug-likeness (QED) is 0.486. The van der Waals surface area contributed by atoms with Crippen molar-refractivity contribution in [2.75, 3.05) is 0 Å². The summed E-state index contributed by atoms with van der Waals surface area (Å²) in [6.45, 7) is 2.21. The highest BCUT2D eigenvalue weighted by molar-refractivity contribution is 6.23. The monoisotopic (exact) mass is 166 g/mol. The fourth-order valence-corrected chi connectivity index (χ4v) is 2.57. The van der Waals surface area contributed by atoms with E-state index < -0.39 is 0 Å². The first kappa shape index (κ1) is 7.68. The van der Waals surface area contributed by atoms with Gasteiger partial charge in [0, 0.05) is 10.8 Å². The van der Waals surface area contributed by atoms with Crippen LogP contribution < -0.4 is 0 Å². The molecule has 0 aromatic rings. The molecule has 0 saturated heterocycles. The first-order chi connectivity index (χ1) is 4.18. The summed E-state index contributed by atoms with van der Waals surface area (Å²) in [4.78, 5) is 0. The molecule has 9 heavy (non-hydrogen) atoms. The maximum Gasteiger partial charge on any atom is 0.0352 e. The first-order valence-electron chi connectivity index (χ1n) is 3.46. The van der Waals surface area contributed by atoms with Crippen LogP contribution in [0.3, 0.4) is 0 Å². The summed E-state index contributed by atoms with van der Waals surface area (Å²) < 4.78 is 0. The van der Waals surface area contributed by atoms with Gasteiger partial charge < -0.3 is 0 Å². The van der Waals surface area contributed by atoms with Gasteiger partial charge in [-0.3, -0.25) is 0 Å².